The molecule has 0 saturated carbocycles. The van der Waals surface area contributed by atoms with Gasteiger partial charge < -0.3 is 8.98 Å². The Morgan fingerprint density at radius 1 is 1.26 bits per heavy atom. The Hall–Kier alpha value is -2.88. The van der Waals surface area contributed by atoms with Crippen LogP contribution in [0.4, 0.5) is 0 Å². The smallest absolute Gasteiger partial charge is 0.159 e. The van der Waals surface area contributed by atoms with Crippen molar-refractivity contribution < 1.29 is 4.42 Å². The highest BCUT2D eigenvalue weighted by molar-refractivity contribution is 5.60. The molecule has 0 atom stereocenters. The van der Waals surface area contributed by atoms with E-state index >= 15 is 0 Å². The van der Waals surface area contributed by atoms with Crippen LogP contribution >= 0.6 is 0 Å². The Bertz CT molecular complexity index is 824. The SMILES string of the molecule is C=C(C=CC)Cn1c(C)cnc1-c1ccc(-c2ccco2)cn1. The highest BCUT2D eigenvalue weighted by Crippen LogP contribution is 2.23. The summed E-state index contributed by atoms with van der Waals surface area (Å²) in [5.41, 5.74) is 3.90. The van der Waals surface area contributed by atoms with Gasteiger partial charge in [-0.2, -0.15) is 0 Å². The summed E-state index contributed by atoms with van der Waals surface area (Å²) in [6.45, 7) is 8.80. The van der Waals surface area contributed by atoms with E-state index < -0.39 is 0 Å². The van der Waals surface area contributed by atoms with Crippen molar-refractivity contribution in [3.63, 3.8) is 0 Å². The first-order valence-corrected chi connectivity index (χ1v) is 7.52. The van der Waals surface area contributed by atoms with Gasteiger partial charge in [-0.05, 0) is 43.7 Å². The van der Waals surface area contributed by atoms with Gasteiger partial charge in [-0.3, -0.25) is 4.98 Å². The van der Waals surface area contributed by atoms with Gasteiger partial charge in [0.1, 0.15) is 11.5 Å². The average molecular weight is 305 g/mol. The van der Waals surface area contributed by atoms with Crippen LogP contribution in [0.15, 0.2) is 71.6 Å². The molecule has 3 aromatic heterocycles. The van der Waals surface area contributed by atoms with E-state index in [-0.39, 0.29) is 0 Å². The second kappa shape index (κ2) is 6.48. The van der Waals surface area contributed by atoms with Gasteiger partial charge in [-0.1, -0.05) is 18.7 Å². The largest absolute Gasteiger partial charge is 0.464 e. The van der Waals surface area contributed by atoms with Gasteiger partial charge in [0.15, 0.2) is 5.82 Å². The molecule has 0 fully saturated rings. The molecule has 0 spiro atoms. The van der Waals surface area contributed by atoms with E-state index in [1.165, 1.54) is 0 Å². The third-order valence-electron chi connectivity index (χ3n) is 3.62. The second-order valence-electron chi connectivity index (χ2n) is 5.38. The quantitative estimate of drug-likeness (QED) is 0.645. The molecular weight excluding hydrogens is 286 g/mol. The molecule has 0 aliphatic carbocycles. The van der Waals surface area contributed by atoms with Gasteiger partial charge in [0.05, 0.1) is 6.26 Å². The van der Waals surface area contributed by atoms with E-state index in [1.807, 2.05) is 62.7 Å². The number of rotatable bonds is 5. The fourth-order valence-corrected chi connectivity index (χ4v) is 2.47. The lowest BCUT2D eigenvalue weighted by molar-refractivity contribution is 0.582. The van der Waals surface area contributed by atoms with Crippen molar-refractivity contribution >= 4 is 0 Å². The van der Waals surface area contributed by atoms with Crippen LogP contribution in [0.1, 0.15) is 12.6 Å². The molecule has 0 aliphatic rings. The molecular formula is C19H19N3O. The summed E-state index contributed by atoms with van der Waals surface area (Å²) in [5, 5.41) is 0. The Morgan fingerprint density at radius 2 is 2.13 bits per heavy atom. The predicted octanol–water partition coefficient (Wildman–Crippen LogP) is 4.65. The van der Waals surface area contributed by atoms with Crippen LogP contribution in [0, 0.1) is 6.92 Å². The van der Waals surface area contributed by atoms with Gasteiger partial charge >= 0.3 is 0 Å². The molecule has 3 rings (SSSR count). The maximum absolute atomic E-state index is 5.39. The van der Waals surface area contributed by atoms with Crippen molar-refractivity contribution in [3.05, 3.63) is 72.9 Å². The van der Waals surface area contributed by atoms with Crippen molar-refractivity contribution in [2.75, 3.05) is 0 Å². The van der Waals surface area contributed by atoms with Crippen molar-refractivity contribution in [2.45, 2.75) is 20.4 Å². The summed E-state index contributed by atoms with van der Waals surface area (Å²) >= 11 is 0. The number of furan rings is 1. The van der Waals surface area contributed by atoms with Crippen LogP contribution in [0.5, 0.6) is 0 Å². The Kier molecular flexibility index (Phi) is 4.24. The van der Waals surface area contributed by atoms with Gasteiger partial charge in [0, 0.05) is 30.2 Å². The van der Waals surface area contributed by atoms with E-state index in [2.05, 4.69) is 21.1 Å². The molecule has 0 N–H and O–H groups in total. The average Bonchev–Trinajstić information content (AvgIpc) is 3.19. The number of pyridine rings is 1. The first kappa shape index (κ1) is 15.0. The lowest BCUT2D eigenvalue weighted by Gasteiger charge is -2.10. The zero-order chi connectivity index (χ0) is 16.2. The van der Waals surface area contributed by atoms with Crippen LogP contribution < -0.4 is 0 Å². The summed E-state index contributed by atoms with van der Waals surface area (Å²) in [6, 6.07) is 7.75. The molecule has 0 amide bonds. The molecule has 0 aromatic carbocycles. The molecule has 23 heavy (non-hydrogen) atoms. The van der Waals surface area contributed by atoms with E-state index in [0.29, 0.717) is 6.54 Å². The fourth-order valence-electron chi connectivity index (χ4n) is 2.47. The highest BCUT2D eigenvalue weighted by Gasteiger charge is 2.11. The first-order chi connectivity index (χ1) is 11.2. The summed E-state index contributed by atoms with van der Waals surface area (Å²) in [6.07, 6.45) is 9.33. The number of allylic oxidation sites excluding steroid dienone is 3. The highest BCUT2D eigenvalue weighted by atomic mass is 16.3. The predicted molar refractivity (Wildman–Crippen MR) is 91.9 cm³/mol. The van der Waals surface area contributed by atoms with Crippen LogP contribution in [0.3, 0.4) is 0 Å². The maximum atomic E-state index is 5.39. The Morgan fingerprint density at radius 3 is 2.78 bits per heavy atom. The van der Waals surface area contributed by atoms with Crippen molar-refractivity contribution in [2.24, 2.45) is 0 Å². The van der Waals surface area contributed by atoms with Crippen molar-refractivity contribution in [1.29, 1.82) is 0 Å². The van der Waals surface area contributed by atoms with Crippen molar-refractivity contribution in [1.82, 2.24) is 14.5 Å². The van der Waals surface area contributed by atoms with E-state index in [9.17, 15) is 0 Å². The van der Waals surface area contributed by atoms with E-state index in [4.69, 9.17) is 4.42 Å². The fraction of sp³-hybridized carbons (Fsp3) is 0.158. The molecule has 0 aliphatic heterocycles. The number of imidazole rings is 1. The van der Waals surface area contributed by atoms with Crippen LogP contribution in [0.25, 0.3) is 22.8 Å². The topological polar surface area (TPSA) is 43.9 Å². The molecule has 3 heterocycles. The maximum Gasteiger partial charge on any atom is 0.159 e. The Balaban J connectivity index is 1.91. The number of aryl methyl sites for hydroxylation is 1. The molecule has 0 saturated heterocycles. The lowest BCUT2D eigenvalue weighted by Crippen LogP contribution is -2.04. The minimum absolute atomic E-state index is 0.702. The lowest BCUT2D eigenvalue weighted by atomic mass is 10.2. The minimum atomic E-state index is 0.702. The number of nitrogens with zero attached hydrogens (tertiary/aromatic N) is 3. The van der Waals surface area contributed by atoms with Crippen LogP contribution in [-0.2, 0) is 6.54 Å². The van der Waals surface area contributed by atoms with Gasteiger partial charge in [0.2, 0.25) is 0 Å². The molecule has 4 nitrogen and oxygen atoms in total. The molecule has 116 valence electrons. The molecule has 0 bridgehead atoms. The van der Waals surface area contributed by atoms with Gasteiger partial charge in [0.25, 0.3) is 0 Å². The number of aromatic nitrogens is 3. The van der Waals surface area contributed by atoms with E-state index in [0.717, 1.165) is 34.1 Å². The summed E-state index contributed by atoms with van der Waals surface area (Å²) in [7, 11) is 0. The number of hydrogen-bond donors (Lipinski definition) is 0. The van der Waals surface area contributed by atoms with Crippen molar-refractivity contribution in [3.8, 4) is 22.8 Å². The first-order valence-electron chi connectivity index (χ1n) is 7.52. The van der Waals surface area contributed by atoms with E-state index in [1.54, 1.807) is 6.26 Å². The standard InChI is InChI=1S/C19H19N3O/c1-4-6-14(2)13-22-15(3)11-21-19(22)17-9-8-16(12-20-17)18-7-5-10-23-18/h4-12H,2,13H2,1,3H3. The van der Waals surface area contributed by atoms with Gasteiger partial charge in [-0.15, -0.1) is 0 Å². The zero-order valence-corrected chi connectivity index (χ0v) is 13.4. The summed E-state index contributed by atoms with van der Waals surface area (Å²) in [4.78, 5) is 9.04. The summed E-state index contributed by atoms with van der Waals surface area (Å²) in [5.74, 6) is 1.66. The monoisotopic (exact) mass is 305 g/mol. The van der Waals surface area contributed by atoms with Gasteiger partial charge in [-0.25, -0.2) is 4.98 Å². The third-order valence-corrected chi connectivity index (χ3v) is 3.62. The molecule has 3 aromatic rings. The normalized spacial score (nSPS) is 11.2. The second-order valence-corrected chi connectivity index (χ2v) is 5.38. The molecule has 4 heteroatoms. The summed E-state index contributed by atoms with van der Waals surface area (Å²) < 4.78 is 7.51. The van der Waals surface area contributed by atoms with Crippen LogP contribution in [-0.4, -0.2) is 14.5 Å². The number of hydrogen-bond acceptors (Lipinski definition) is 3. The minimum Gasteiger partial charge on any atom is -0.464 e. The Labute approximate surface area is 135 Å². The zero-order valence-electron chi connectivity index (χ0n) is 13.4. The van der Waals surface area contributed by atoms with Crippen LogP contribution in [0.2, 0.25) is 0 Å². The molecule has 0 unspecified atom stereocenters. The molecule has 0 radical (unpaired) electrons. The third kappa shape index (κ3) is 3.16.